The molecule has 3 rings (SSSR count). The van der Waals surface area contributed by atoms with Crippen LogP contribution in [0.25, 0.3) is 4.96 Å². The monoisotopic (exact) mass is 282 g/mol. The van der Waals surface area contributed by atoms with Crippen LogP contribution in [0.2, 0.25) is 0 Å². The van der Waals surface area contributed by atoms with Crippen LogP contribution in [-0.2, 0) is 16.0 Å². The van der Waals surface area contributed by atoms with E-state index in [4.69, 9.17) is 9.47 Å². The third kappa shape index (κ3) is 2.24. The first kappa shape index (κ1) is 12.6. The summed E-state index contributed by atoms with van der Waals surface area (Å²) in [5.41, 5.74) is -0.304. The second-order valence-electron chi connectivity index (χ2n) is 4.94. The molecular weight excluding hydrogens is 268 g/mol. The van der Waals surface area contributed by atoms with Crippen LogP contribution in [0.15, 0.2) is 22.4 Å². The van der Waals surface area contributed by atoms with Crippen LogP contribution >= 0.6 is 11.3 Å². The lowest BCUT2D eigenvalue weighted by Crippen LogP contribution is -2.46. The van der Waals surface area contributed by atoms with Crippen molar-refractivity contribution in [1.82, 2.24) is 4.40 Å². The Bertz CT molecular complexity index is 676. The molecule has 2 aromatic rings. The van der Waals surface area contributed by atoms with Crippen LogP contribution in [0.3, 0.4) is 0 Å². The quantitative estimate of drug-likeness (QED) is 0.720. The lowest BCUT2D eigenvalue weighted by Gasteiger charge is -2.17. The summed E-state index contributed by atoms with van der Waals surface area (Å²) in [7, 11) is 0. The van der Waals surface area contributed by atoms with E-state index in [1.54, 1.807) is 16.1 Å². The standard InChI is InChI=1S/C12H14N2O4S/c1-12(2)17-7-8(18-12)6-14-10(16)5-9(15)13-3-4-19-11(13)14/h3-5,8H,6-7H2,1-2H3. The van der Waals surface area contributed by atoms with Crippen molar-refractivity contribution in [2.75, 3.05) is 6.61 Å². The summed E-state index contributed by atoms with van der Waals surface area (Å²) >= 11 is 1.36. The minimum atomic E-state index is -0.617. The Morgan fingerprint density at radius 3 is 3.11 bits per heavy atom. The van der Waals surface area contributed by atoms with Crippen molar-refractivity contribution in [3.8, 4) is 5.88 Å². The van der Waals surface area contributed by atoms with E-state index in [2.05, 4.69) is 0 Å². The van der Waals surface area contributed by atoms with E-state index < -0.39 is 5.79 Å². The number of nitrogens with zero attached hydrogens (tertiary/aromatic N) is 2. The number of hydrogen-bond donors (Lipinski definition) is 0. The molecule has 102 valence electrons. The summed E-state index contributed by atoms with van der Waals surface area (Å²) in [5.74, 6) is -0.921. The minimum absolute atomic E-state index is 0.184. The van der Waals surface area contributed by atoms with Gasteiger partial charge in [-0.15, -0.1) is 0 Å². The van der Waals surface area contributed by atoms with Gasteiger partial charge in [0.05, 0.1) is 18.6 Å². The Labute approximate surface area is 113 Å². The van der Waals surface area contributed by atoms with Gasteiger partial charge in [-0.3, -0.25) is 0 Å². The van der Waals surface area contributed by atoms with Crippen molar-refractivity contribution < 1.29 is 19.1 Å². The van der Waals surface area contributed by atoms with E-state index in [0.717, 1.165) is 6.07 Å². The number of hydrogen-bond acceptors (Lipinski definition) is 5. The maximum atomic E-state index is 12.0. The summed E-state index contributed by atoms with van der Waals surface area (Å²) in [6, 6.07) is 1.10. The zero-order chi connectivity index (χ0) is 13.6. The first-order chi connectivity index (χ1) is 8.96. The highest BCUT2D eigenvalue weighted by atomic mass is 32.1. The van der Waals surface area contributed by atoms with Gasteiger partial charge in [0.2, 0.25) is 0 Å². The lowest BCUT2D eigenvalue weighted by molar-refractivity contribution is -0.720. The van der Waals surface area contributed by atoms with E-state index in [9.17, 15) is 9.90 Å². The van der Waals surface area contributed by atoms with Crippen molar-refractivity contribution in [3.05, 3.63) is 28.0 Å². The van der Waals surface area contributed by atoms with E-state index in [0.29, 0.717) is 18.1 Å². The van der Waals surface area contributed by atoms with Crippen molar-refractivity contribution in [1.29, 1.82) is 0 Å². The van der Waals surface area contributed by atoms with Gasteiger partial charge in [0.15, 0.2) is 5.79 Å². The molecule has 0 spiro atoms. The molecular formula is C12H14N2O4S. The molecule has 1 unspecified atom stereocenters. The highest BCUT2D eigenvalue weighted by molar-refractivity contribution is 7.14. The molecule has 6 nitrogen and oxygen atoms in total. The van der Waals surface area contributed by atoms with Crippen LogP contribution in [0.4, 0.5) is 0 Å². The summed E-state index contributed by atoms with van der Waals surface area (Å²) in [6.45, 7) is 4.50. The molecule has 0 radical (unpaired) electrons. The molecule has 0 aliphatic carbocycles. The molecule has 0 aromatic carbocycles. The van der Waals surface area contributed by atoms with Crippen LogP contribution in [0, 0.1) is 0 Å². The van der Waals surface area contributed by atoms with Gasteiger partial charge in [-0.05, 0) is 13.8 Å². The van der Waals surface area contributed by atoms with E-state index in [-0.39, 0.29) is 17.5 Å². The van der Waals surface area contributed by atoms with Crippen molar-refractivity contribution in [2.24, 2.45) is 0 Å². The Morgan fingerprint density at radius 1 is 1.63 bits per heavy atom. The number of fused-ring (bicyclic) bond motifs is 1. The Hall–Kier alpha value is -1.44. The summed E-state index contributed by atoms with van der Waals surface area (Å²) < 4.78 is 14.2. The number of aromatic nitrogens is 2. The fourth-order valence-corrected chi connectivity index (χ4v) is 3.07. The smallest absolute Gasteiger partial charge is 0.348 e. The van der Waals surface area contributed by atoms with Gasteiger partial charge in [-0.2, -0.15) is 4.40 Å². The molecule has 0 saturated carbocycles. The zero-order valence-corrected chi connectivity index (χ0v) is 11.5. The molecule has 1 aliphatic rings. The molecule has 0 amide bonds. The first-order valence-electron chi connectivity index (χ1n) is 5.98. The molecule has 0 N–H and O–H groups in total. The Kier molecular flexibility index (Phi) is 2.84. The van der Waals surface area contributed by atoms with E-state index >= 15 is 0 Å². The van der Waals surface area contributed by atoms with Crippen molar-refractivity contribution in [2.45, 2.75) is 32.3 Å². The normalized spacial score (nSPS) is 22.1. The summed E-state index contributed by atoms with van der Waals surface area (Å²) in [4.78, 5) is 12.3. The third-order valence-corrected chi connectivity index (χ3v) is 3.91. The topological polar surface area (TPSA) is 66.9 Å². The van der Waals surface area contributed by atoms with Gasteiger partial charge in [-0.1, -0.05) is 11.3 Å². The average molecular weight is 282 g/mol. The van der Waals surface area contributed by atoms with Gasteiger partial charge in [0, 0.05) is 5.38 Å². The fraction of sp³-hybridized carbons (Fsp3) is 0.500. The molecule has 1 fully saturated rings. The van der Waals surface area contributed by atoms with Gasteiger partial charge in [0.1, 0.15) is 18.8 Å². The third-order valence-electron chi connectivity index (χ3n) is 3.02. The highest BCUT2D eigenvalue weighted by Gasteiger charge is 2.34. The predicted octanol–water partition coefficient (Wildman–Crippen LogP) is -0.126. The second-order valence-corrected chi connectivity index (χ2v) is 5.81. The first-order valence-corrected chi connectivity index (χ1v) is 6.86. The van der Waals surface area contributed by atoms with Crippen LogP contribution in [0.1, 0.15) is 13.8 Å². The Balaban J connectivity index is 1.97. The predicted molar refractivity (Wildman–Crippen MR) is 66.1 cm³/mol. The maximum absolute atomic E-state index is 12.0. The van der Waals surface area contributed by atoms with Gasteiger partial charge < -0.3 is 14.6 Å². The largest absolute Gasteiger partial charge is 0.842 e. The van der Waals surface area contributed by atoms with Crippen LogP contribution in [-0.4, -0.2) is 22.9 Å². The lowest BCUT2D eigenvalue weighted by atomic mass is 10.3. The molecule has 1 atom stereocenters. The SMILES string of the molecule is CC1(C)OCC(C[n+]2c([O-])cc(=O)n3ccsc32)O1. The van der Waals surface area contributed by atoms with E-state index in [1.165, 1.54) is 15.7 Å². The number of thiazole rings is 1. The molecule has 1 aliphatic heterocycles. The van der Waals surface area contributed by atoms with Gasteiger partial charge in [0.25, 0.3) is 0 Å². The average Bonchev–Trinajstić information content (AvgIpc) is 2.91. The summed E-state index contributed by atoms with van der Waals surface area (Å²) in [6.07, 6.45) is 1.48. The molecule has 19 heavy (non-hydrogen) atoms. The number of ether oxygens (including phenoxy) is 2. The molecule has 3 heterocycles. The highest BCUT2D eigenvalue weighted by Crippen LogP contribution is 2.22. The van der Waals surface area contributed by atoms with E-state index in [1.807, 2.05) is 13.8 Å². The molecule has 2 aromatic heterocycles. The molecule has 1 saturated heterocycles. The van der Waals surface area contributed by atoms with Crippen molar-refractivity contribution >= 4 is 16.3 Å². The fourth-order valence-electron chi connectivity index (χ4n) is 2.21. The van der Waals surface area contributed by atoms with Crippen LogP contribution < -0.4 is 15.2 Å². The van der Waals surface area contributed by atoms with Crippen LogP contribution in [0.5, 0.6) is 5.88 Å². The Morgan fingerprint density at radius 2 is 2.42 bits per heavy atom. The zero-order valence-electron chi connectivity index (χ0n) is 10.7. The second kappa shape index (κ2) is 4.29. The van der Waals surface area contributed by atoms with Crippen molar-refractivity contribution in [3.63, 3.8) is 0 Å². The molecule has 0 bridgehead atoms. The number of rotatable bonds is 2. The maximum Gasteiger partial charge on any atom is 0.348 e. The minimum Gasteiger partial charge on any atom is -0.842 e. The molecule has 7 heteroatoms. The van der Waals surface area contributed by atoms with Gasteiger partial charge >= 0.3 is 10.5 Å². The van der Waals surface area contributed by atoms with Gasteiger partial charge in [-0.25, -0.2) is 9.36 Å². The summed E-state index contributed by atoms with van der Waals surface area (Å²) in [5, 5.41) is 13.7.